The van der Waals surface area contributed by atoms with Crippen LogP contribution >= 0.6 is 0 Å². The minimum Gasteiger partial charge on any atom is -0.478 e. The standard InChI is InChI=1S/C13H15NO3/c1-3-8-6-10(13(16)17)7-9-4-5-11(15)14(2)12(8)9/h6-7H,3-5H2,1-2H3,(H,16,17). The van der Waals surface area contributed by atoms with Crippen LogP contribution in [0.5, 0.6) is 0 Å². The maximum Gasteiger partial charge on any atom is 0.335 e. The molecule has 1 heterocycles. The van der Waals surface area contributed by atoms with E-state index in [1.165, 1.54) is 0 Å². The molecule has 90 valence electrons. The third-order valence-electron chi connectivity index (χ3n) is 3.21. The molecule has 17 heavy (non-hydrogen) atoms. The Morgan fingerprint density at radius 3 is 2.71 bits per heavy atom. The zero-order chi connectivity index (χ0) is 12.6. The highest BCUT2D eigenvalue weighted by atomic mass is 16.4. The number of benzene rings is 1. The van der Waals surface area contributed by atoms with Gasteiger partial charge in [0.05, 0.1) is 5.56 Å². The van der Waals surface area contributed by atoms with E-state index in [9.17, 15) is 9.59 Å². The van der Waals surface area contributed by atoms with Gasteiger partial charge in [-0.25, -0.2) is 4.79 Å². The molecule has 1 amide bonds. The highest BCUT2D eigenvalue weighted by Crippen LogP contribution is 2.32. The topological polar surface area (TPSA) is 57.6 Å². The van der Waals surface area contributed by atoms with Crippen LogP contribution in [0, 0.1) is 0 Å². The Morgan fingerprint density at radius 1 is 1.41 bits per heavy atom. The molecule has 1 aromatic rings. The van der Waals surface area contributed by atoms with E-state index in [-0.39, 0.29) is 5.91 Å². The van der Waals surface area contributed by atoms with Gasteiger partial charge in [0, 0.05) is 19.2 Å². The predicted octanol–water partition coefficient (Wildman–Crippen LogP) is 1.86. The lowest BCUT2D eigenvalue weighted by molar-refractivity contribution is -0.118. The summed E-state index contributed by atoms with van der Waals surface area (Å²) in [6.45, 7) is 1.97. The molecule has 1 N–H and O–H groups in total. The van der Waals surface area contributed by atoms with Crippen LogP contribution in [0.2, 0.25) is 0 Å². The summed E-state index contributed by atoms with van der Waals surface area (Å²) in [5.41, 5.74) is 3.09. The van der Waals surface area contributed by atoms with E-state index in [4.69, 9.17) is 5.11 Å². The summed E-state index contributed by atoms with van der Waals surface area (Å²) in [6, 6.07) is 3.34. The minimum atomic E-state index is -0.915. The van der Waals surface area contributed by atoms with Gasteiger partial charge >= 0.3 is 5.97 Å². The van der Waals surface area contributed by atoms with Crippen molar-refractivity contribution in [2.75, 3.05) is 11.9 Å². The Hall–Kier alpha value is -1.84. The maximum atomic E-state index is 11.7. The largest absolute Gasteiger partial charge is 0.478 e. The minimum absolute atomic E-state index is 0.0928. The summed E-state index contributed by atoms with van der Waals surface area (Å²) in [5.74, 6) is -0.822. The molecule has 0 fully saturated rings. The van der Waals surface area contributed by atoms with Crippen molar-refractivity contribution in [2.24, 2.45) is 0 Å². The number of carboxylic acids is 1. The van der Waals surface area contributed by atoms with Crippen LogP contribution in [0.25, 0.3) is 0 Å². The van der Waals surface area contributed by atoms with Crippen LogP contribution < -0.4 is 4.90 Å². The average molecular weight is 233 g/mol. The molecule has 0 bridgehead atoms. The molecule has 4 nitrogen and oxygen atoms in total. The second kappa shape index (κ2) is 4.20. The van der Waals surface area contributed by atoms with E-state index in [0.29, 0.717) is 18.4 Å². The molecular weight excluding hydrogens is 218 g/mol. The zero-order valence-corrected chi connectivity index (χ0v) is 9.99. The first-order valence-corrected chi connectivity index (χ1v) is 5.70. The van der Waals surface area contributed by atoms with Crippen molar-refractivity contribution in [1.82, 2.24) is 0 Å². The lowest BCUT2D eigenvalue weighted by Gasteiger charge is -2.28. The third kappa shape index (κ3) is 1.90. The van der Waals surface area contributed by atoms with Gasteiger partial charge in [0.15, 0.2) is 0 Å². The SMILES string of the molecule is CCc1cc(C(=O)O)cc2c1N(C)C(=O)CC2. The maximum absolute atomic E-state index is 11.7. The molecular formula is C13H15NO3. The van der Waals surface area contributed by atoms with Crippen LogP contribution in [-0.4, -0.2) is 24.0 Å². The fraction of sp³-hybridized carbons (Fsp3) is 0.385. The number of anilines is 1. The van der Waals surface area contributed by atoms with Crippen LogP contribution in [0.15, 0.2) is 12.1 Å². The number of hydrogen-bond donors (Lipinski definition) is 1. The van der Waals surface area contributed by atoms with Gasteiger partial charge in [-0.05, 0) is 36.1 Å². The number of carboxylic acid groups (broad SMARTS) is 1. The summed E-state index contributed by atoms with van der Waals surface area (Å²) < 4.78 is 0. The van der Waals surface area contributed by atoms with Crippen molar-refractivity contribution < 1.29 is 14.7 Å². The van der Waals surface area contributed by atoms with Gasteiger partial charge in [-0.3, -0.25) is 4.79 Å². The monoisotopic (exact) mass is 233 g/mol. The first kappa shape index (κ1) is 11.6. The molecule has 0 unspecified atom stereocenters. The Labute approximate surface area is 99.9 Å². The van der Waals surface area contributed by atoms with Gasteiger partial charge in [0.2, 0.25) is 5.91 Å². The smallest absolute Gasteiger partial charge is 0.335 e. The number of carbonyl (C=O) groups is 2. The second-order valence-corrected chi connectivity index (χ2v) is 4.25. The Bertz CT molecular complexity index is 476. The van der Waals surface area contributed by atoms with Gasteiger partial charge in [0.1, 0.15) is 0 Å². The fourth-order valence-electron chi connectivity index (χ4n) is 2.31. The van der Waals surface area contributed by atoms with E-state index in [0.717, 1.165) is 23.2 Å². The molecule has 4 heteroatoms. The lowest BCUT2D eigenvalue weighted by atomic mass is 9.94. The average Bonchev–Trinajstić information content (AvgIpc) is 2.32. The molecule has 0 radical (unpaired) electrons. The van der Waals surface area contributed by atoms with E-state index in [1.807, 2.05) is 6.92 Å². The van der Waals surface area contributed by atoms with E-state index in [1.54, 1.807) is 24.1 Å². The number of aromatic carboxylic acids is 1. The summed E-state index contributed by atoms with van der Waals surface area (Å²) >= 11 is 0. The number of hydrogen-bond acceptors (Lipinski definition) is 2. The number of nitrogens with zero attached hydrogens (tertiary/aromatic N) is 1. The van der Waals surface area contributed by atoms with Gasteiger partial charge in [0.25, 0.3) is 0 Å². The van der Waals surface area contributed by atoms with E-state index >= 15 is 0 Å². The van der Waals surface area contributed by atoms with Crippen molar-refractivity contribution in [3.8, 4) is 0 Å². The number of amides is 1. The fourth-order valence-corrected chi connectivity index (χ4v) is 2.31. The molecule has 0 spiro atoms. The van der Waals surface area contributed by atoms with Crippen molar-refractivity contribution in [2.45, 2.75) is 26.2 Å². The molecule has 1 aliphatic heterocycles. The van der Waals surface area contributed by atoms with E-state index in [2.05, 4.69) is 0 Å². The molecule has 0 aromatic heterocycles. The summed E-state index contributed by atoms with van der Waals surface area (Å²) in [4.78, 5) is 24.3. The van der Waals surface area contributed by atoms with Crippen LogP contribution in [-0.2, 0) is 17.6 Å². The normalized spacial score (nSPS) is 14.7. The van der Waals surface area contributed by atoms with Crippen LogP contribution in [0.4, 0.5) is 5.69 Å². The summed E-state index contributed by atoms with van der Waals surface area (Å²) in [5, 5.41) is 9.04. The number of carbonyl (C=O) groups excluding carboxylic acids is 1. The van der Waals surface area contributed by atoms with Gasteiger partial charge in [-0.2, -0.15) is 0 Å². The molecule has 0 saturated heterocycles. The second-order valence-electron chi connectivity index (χ2n) is 4.25. The van der Waals surface area contributed by atoms with Gasteiger partial charge in [-0.15, -0.1) is 0 Å². The molecule has 2 rings (SSSR count). The molecule has 1 aliphatic rings. The van der Waals surface area contributed by atoms with Crippen LogP contribution in [0.1, 0.15) is 34.8 Å². The van der Waals surface area contributed by atoms with Crippen molar-refractivity contribution in [1.29, 1.82) is 0 Å². The highest BCUT2D eigenvalue weighted by Gasteiger charge is 2.24. The lowest BCUT2D eigenvalue weighted by Crippen LogP contribution is -2.32. The molecule has 0 saturated carbocycles. The first-order valence-electron chi connectivity index (χ1n) is 5.70. The molecule has 0 aliphatic carbocycles. The Kier molecular flexibility index (Phi) is 2.88. The zero-order valence-electron chi connectivity index (χ0n) is 9.99. The van der Waals surface area contributed by atoms with Crippen molar-refractivity contribution in [3.05, 3.63) is 28.8 Å². The summed E-state index contributed by atoms with van der Waals surface area (Å²) in [7, 11) is 1.75. The predicted molar refractivity (Wildman–Crippen MR) is 64.5 cm³/mol. The number of rotatable bonds is 2. The first-order chi connectivity index (χ1) is 8.04. The highest BCUT2D eigenvalue weighted by molar-refractivity contribution is 5.98. The quantitative estimate of drug-likeness (QED) is 0.848. The summed E-state index contributed by atoms with van der Waals surface area (Å²) in [6.07, 6.45) is 1.81. The molecule has 0 atom stereocenters. The molecule has 1 aromatic carbocycles. The third-order valence-corrected chi connectivity index (χ3v) is 3.21. The Morgan fingerprint density at radius 2 is 2.12 bits per heavy atom. The van der Waals surface area contributed by atoms with Crippen molar-refractivity contribution >= 4 is 17.6 Å². The number of fused-ring (bicyclic) bond motifs is 1. The van der Waals surface area contributed by atoms with E-state index < -0.39 is 5.97 Å². The Balaban J connectivity index is 2.61. The van der Waals surface area contributed by atoms with Gasteiger partial charge < -0.3 is 10.0 Å². The number of aryl methyl sites for hydroxylation is 2. The van der Waals surface area contributed by atoms with Crippen molar-refractivity contribution in [3.63, 3.8) is 0 Å². The van der Waals surface area contributed by atoms with Gasteiger partial charge in [-0.1, -0.05) is 6.92 Å². The van der Waals surface area contributed by atoms with Crippen LogP contribution in [0.3, 0.4) is 0 Å².